The quantitative estimate of drug-likeness (QED) is 0.611. The smallest absolute Gasteiger partial charge is 0.279 e. The van der Waals surface area contributed by atoms with Crippen LogP contribution in [0.4, 0.5) is 0 Å². The van der Waals surface area contributed by atoms with Crippen molar-refractivity contribution in [3.8, 4) is 0 Å². The van der Waals surface area contributed by atoms with Gasteiger partial charge in [-0.25, -0.2) is 4.72 Å². The molecule has 1 fully saturated rings. The van der Waals surface area contributed by atoms with Gasteiger partial charge in [0.25, 0.3) is 10.2 Å². The van der Waals surface area contributed by atoms with E-state index in [9.17, 15) is 8.42 Å². The Balaban J connectivity index is 2.28. The molecule has 0 amide bonds. The summed E-state index contributed by atoms with van der Waals surface area (Å²) in [7, 11) is -1.75. The fourth-order valence-corrected chi connectivity index (χ4v) is 3.19. The van der Waals surface area contributed by atoms with E-state index < -0.39 is 10.2 Å². The molecule has 1 saturated heterocycles. The monoisotopic (exact) mass is 307 g/mol. The molecule has 0 saturated carbocycles. The lowest BCUT2D eigenvalue weighted by Gasteiger charge is -2.20. The average Bonchev–Trinajstić information content (AvgIpc) is 2.77. The highest BCUT2D eigenvalue weighted by molar-refractivity contribution is 7.87. The molecule has 1 aliphatic heterocycles. The molecule has 2 atom stereocenters. The Morgan fingerprint density at radius 1 is 1.40 bits per heavy atom. The number of hydrogen-bond acceptors (Lipinski definition) is 4. The maximum Gasteiger partial charge on any atom is 0.279 e. The number of nitrogens with one attached hydrogen (secondary N) is 2. The summed E-state index contributed by atoms with van der Waals surface area (Å²) >= 11 is 0. The third-order valence-electron chi connectivity index (χ3n) is 3.67. The lowest BCUT2D eigenvalue weighted by Crippen LogP contribution is -2.42. The molecule has 0 aliphatic carbocycles. The minimum absolute atomic E-state index is 0.137. The van der Waals surface area contributed by atoms with Gasteiger partial charge in [-0.2, -0.15) is 12.7 Å². The zero-order valence-electron chi connectivity index (χ0n) is 13.1. The Morgan fingerprint density at radius 2 is 2.10 bits per heavy atom. The summed E-state index contributed by atoms with van der Waals surface area (Å²) in [6, 6.07) is 0.430. The largest absolute Gasteiger partial charge is 0.378 e. The van der Waals surface area contributed by atoms with Crippen LogP contribution in [0.3, 0.4) is 0 Å². The van der Waals surface area contributed by atoms with Gasteiger partial charge in [0.1, 0.15) is 0 Å². The van der Waals surface area contributed by atoms with Gasteiger partial charge in [0.2, 0.25) is 0 Å². The molecule has 0 aromatic carbocycles. The van der Waals surface area contributed by atoms with E-state index in [1.54, 1.807) is 7.05 Å². The first-order valence-corrected chi connectivity index (χ1v) is 8.83. The Kier molecular flexibility index (Phi) is 7.39. The summed E-state index contributed by atoms with van der Waals surface area (Å²) in [5, 5.41) is 3.28. The highest BCUT2D eigenvalue weighted by Crippen LogP contribution is 2.19. The van der Waals surface area contributed by atoms with E-state index >= 15 is 0 Å². The van der Waals surface area contributed by atoms with Crippen molar-refractivity contribution in [3.63, 3.8) is 0 Å². The molecule has 1 rings (SSSR count). The zero-order valence-corrected chi connectivity index (χ0v) is 13.9. The first kappa shape index (κ1) is 17.8. The summed E-state index contributed by atoms with van der Waals surface area (Å²) in [6.07, 6.45) is 1.86. The predicted octanol–water partition coefficient (Wildman–Crippen LogP) is 0.566. The van der Waals surface area contributed by atoms with Crippen LogP contribution < -0.4 is 10.0 Å². The third kappa shape index (κ3) is 6.05. The van der Waals surface area contributed by atoms with Gasteiger partial charge in [-0.05, 0) is 26.3 Å². The SMILES string of the molecule is CC(C)NCCCN(C)S(=O)(=O)NCC1CCOC1C. The number of nitrogens with zero attached hydrogens (tertiary/aromatic N) is 1. The highest BCUT2D eigenvalue weighted by Gasteiger charge is 2.26. The highest BCUT2D eigenvalue weighted by atomic mass is 32.2. The van der Waals surface area contributed by atoms with Crippen molar-refractivity contribution in [1.29, 1.82) is 0 Å². The molecule has 2 N–H and O–H groups in total. The van der Waals surface area contributed by atoms with E-state index in [-0.39, 0.29) is 12.0 Å². The van der Waals surface area contributed by atoms with E-state index in [0.717, 1.165) is 26.0 Å². The second-order valence-electron chi connectivity index (χ2n) is 5.76. The molecule has 120 valence electrons. The van der Waals surface area contributed by atoms with Crippen LogP contribution in [0.1, 0.15) is 33.6 Å². The van der Waals surface area contributed by atoms with Gasteiger partial charge in [-0.1, -0.05) is 13.8 Å². The molecule has 7 heteroatoms. The first-order chi connectivity index (χ1) is 9.33. The maximum absolute atomic E-state index is 12.1. The number of rotatable bonds is 9. The summed E-state index contributed by atoms with van der Waals surface area (Å²) < 4.78 is 33.7. The van der Waals surface area contributed by atoms with Gasteiger partial charge in [0, 0.05) is 38.7 Å². The number of ether oxygens (including phenoxy) is 1. The van der Waals surface area contributed by atoms with Crippen LogP contribution in [0.2, 0.25) is 0 Å². The topological polar surface area (TPSA) is 70.7 Å². The van der Waals surface area contributed by atoms with Crippen molar-refractivity contribution in [2.45, 2.75) is 45.8 Å². The van der Waals surface area contributed by atoms with Gasteiger partial charge < -0.3 is 10.1 Å². The van der Waals surface area contributed by atoms with Gasteiger partial charge in [-0.15, -0.1) is 0 Å². The van der Waals surface area contributed by atoms with Crippen molar-refractivity contribution in [3.05, 3.63) is 0 Å². The summed E-state index contributed by atoms with van der Waals surface area (Å²) in [5.74, 6) is 0.279. The van der Waals surface area contributed by atoms with E-state index in [1.807, 2.05) is 6.92 Å². The lowest BCUT2D eigenvalue weighted by molar-refractivity contribution is 0.106. The molecular formula is C13H29N3O3S. The van der Waals surface area contributed by atoms with Gasteiger partial charge in [-0.3, -0.25) is 0 Å². The van der Waals surface area contributed by atoms with Crippen molar-refractivity contribution in [2.75, 3.05) is 33.3 Å². The molecule has 0 spiro atoms. The zero-order chi connectivity index (χ0) is 15.2. The third-order valence-corrected chi connectivity index (χ3v) is 5.21. The minimum atomic E-state index is -3.37. The normalized spacial score (nSPS) is 23.9. The first-order valence-electron chi connectivity index (χ1n) is 7.39. The fourth-order valence-electron chi connectivity index (χ4n) is 2.18. The molecule has 20 heavy (non-hydrogen) atoms. The van der Waals surface area contributed by atoms with Crippen LogP contribution in [0, 0.1) is 5.92 Å². The molecule has 0 radical (unpaired) electrons. The summed E-state index contributed by atoms with van der Waals surface area (Å²) in [6.45, 7) is 8.67. The van der Waals surface area contributed by atoms with Crippen LogP contribution in [-0.4, -0.2) is 58.2 Å². The molecule has 0 aromatic heterocycles. The molecular weight excluding hydrogens is 278 g/mol. The van der Waals surface area contributed by atoms with Crippen molar-refractivity contribution >= 4 is 10.2 Å². The second-order valence-corrected chi connectivity index (χ2v) is 7.62. The van der Waals surface area contributed by atoms with Crippen LogP contribution >= 0.6 is 0 Å². The Morgan fingerprint density at radius 3 is 2.65 bits per heavy atom. The maximum atomic E-state index is 12.1. The molecule has 1 heterocycles. The Labute approximate surface area is 123 Å². The van der Waals surface area contributed by atoms with E-state index in [2.05, 4.69) is 23.9 Å². The molecule has 0 aromatic rings. The second kappa shape index (κ2) is 8.29. The van der Waals surface area contributed by atoms with E-state index in [1.165, 1.54) is 4.31 Å². The van der Waals surface area contributed by atoms with E-state index in [4.69, 9.17) is 4.74 Å². The van der Waals surface area contributed by atoms with Crippen LogP contribution in [0.5, 0.6) is 0 Å². The van der Waals surface area contributed by atoms with Gasteiger partial charge >= 0.3 is 0 Å². The van der Waals surface area contributed by atoms with Crippen molar-refractivity contribution < 1.29 is 13.2 Å². The summed E-state index contributed by atoms with van der Waals surface area (Å²) in [4.78, 5) is 0. The van der Waals surface area contributed by atoms with Crippen LogP contribution in [0.15, 0.2) is 0 Å². The van der Waals surface area contributed by atoms with Gasteiger partial charge in [0.15, 0.2) is 0 Å². The summed E-state index contributed by atoms with van der Waals surface area (Å²) in [5.41, 5.74) is 0. The molecule has 1 aliphatic rings. The molecule has 6 nitrogen and oxygen atoms in total. The minimum Gasteiger partial charge on any atom is -0.378 e. The molecule has 2 unspecified atom stereocenters. The van der Waals surface area contributed by atoms with Crippen LogP contribution in [-0.2, 0) is 14.9 Å². The predicted molar refractivity (Wildman–Crippen MR) is 80.8 cm³/mol. The average molecular weight is 307 g/mol. The van der Waals surface area contributed by atoms with E-state index in [0.29, 0.717) is 19.1 Å². The Hall–Kier alpha value is -0.210. The molecule has 0 bridgehead atoms. The number of hydrogen-bond donors (Lipinski definition) is 2. The standard InChI is InChI=1S/C13H29N3O3S/c1-11(2)14-7-5-8-16(4)20(17,18)15-10-13-6-9-19-12(13)3/h11-15H,5-10H2,1-4H3. The Bertz CT molecular complexity index is 373. The van der Waals surface area contributed by atoms with Crippen molar-refractivity contribution in [1.82, 2.24) is 14.3 Å². The fraction of sp³-hybridized carbons (Fsp3) is 1.00. The van der Waals surface area contributed by atoms with Crippen LogP contribution in [0.25, 0.3) is 0 Å². The lowest BCUT2D eigenvalue weighted by atomic mass is 10.0. The van der Waals surface area contributed by atoms with Crippen molar-refractivity contribution in [2.24, 2.45) is 5.92 Å². The van der Waals surface area contributed by atoms with Gasteiger partial charge in [0.05, 0.1) is 6.10 Å².